The van der Waals surface area contributed by atoms with Gasteiger partial charge in [0.05, 0.1) is 25.0 Å². The Bertz CT molecular complexity index is 984. The monoisotopic (exact) mass is 389 g/mol. The summed E-state index contributed by atoms with van der Waals surface area (Å²) < 4.78 is 44.3. The molecule has 1 aliphatic rings. The molecule has 0 spiro atoms. The van der Waals surface area contributed by atoms with E-state index in [2.05, 4.69) is 15.2 Å². The lowest BCUT2D eigenvalue weighted by molar-refractivity contribution is -0.140. The number of carbonyl (C=O) groups excluding carboxylic acids is 1. The van der Waals surface area contributed by atoms with Crippen LogP contribution in [0.2, 0.25) is 0 Å². The normalized spacial score (nSPS) is 14.6. The Morgan fingerprint density at radius 3 is 2.57 bits per heavy atom. The lowest BCUT2D eigenvalue weighted by Crippen LogP contribution is -2.56. The largest absolute Gasteiger partial charge is 0.470 e. The van der Waals surface area contributed by atoms with Gasteiger partial charge in [0.15, 0.2) is 5.69 Å². The quantitative estimate of drug-likeness (QED) is 0.686. The van der Waals surface area contributed by atoms with Gasteiger partial charge < -0.3 is 9.64 Å². The number of para-hydroxylation sites is 1. The molecule has 3 aromatic rings. The standard InChI is InChI=1S/C18H14F3N5O2/c19-18(20,21)14-7-4-8-22-16(14)28-13-10-25(11-13)17(27)15-9-23-26(24-15)12-5-2-1-3-6-12/h1-9,13H,10-11H2. The van der Waals surface area contributed by atoms with Crippen LogP contribution in [-0.2, 0) is 6.18 Å². The van der Waals surface area contributed by atoms with Gasteiger partial charge in [0.25, 0.3) is 5.91 Å². The Morgan fingerprint density at radius 1 is 1.11 bits per heavy atom. The molecular formula is C18H14F3N5O2. The maximum absolute atomic E-state index is 13.0. The number of hydrogen-bond donors (Lipinski definition) is 0. The molecule has 1 fully saturated rings. The van der Waals surface area contributed by atoms with Crippen LogP contribution >= 0.6 is 0 Å². The molecule has 0 bridgehead atoms. The fraction of sp³-hybridized carbons (Fsp3) is 0.222. The third kappa shape index (κ3) is 3.53. The molecule has 0 N–H and O–H groups in total. The number of likely N-dealkylation sites (tertiary alicyclic amines) is 1. The van der Waals surface area contributed by atoms with Gasteiger partial charge in [-0.2, -0.15) is 23.1 Å². The van der Waals surface area contributed by atoms with E-state index in [0.717, 1.165) is 6.07 Å². The molecule has 4 rings (SSSR count). The second-order valence-corrected chi connectivity index (χ2v) is 6.16. The van der Waals surface area contributed by atoms with Crippen molar-refractivity contribution in [2.24, 2.45) is 0 Å². The SMILES string of the molecule is O=C(c1cnn(-c2ccccc2)n1)N1CC(Oc2ncccc2C(F)(F)F)C1. The van der Waals surface area contributed by atoms with Crippen LogP contribution in [0.3, 0.4) is 0 Å². The van der Waals surface area contributed by atoms with Gasteiger partial charge in [0.1, 0.15) is 11.7 Å². The maximum Gasteiger partial charge on any atom is 0.421 e. The second-order valence-electron chi connectivity index (χ2n) is 6.16. The first kappa shape index (κ1) is 18.0. The average molecular weight is 389 g/mol. The lowest BCUT2D eigenvalue weighted by atomic mass is 10.1. The molecule has 2 aromatic heterocycles. The van der Waals surface area contributed by atoms with Crippen molar-refractivity contribution in [2.75, 3.05) is 13.1 Å². The van der Waals surface area contributed by atoms with E-state index in [4.69, 9.17) is 4.74 Å². The number of nitrogens with zero attached hydrogens (tertiary/aromatic N) is 5. The number of hydrogen-bond acceptors (Lipinski definition) is 5. The van der Waals surface area contributed by atoms with Crippen LogP contribution in [0.5, 0.6) is 5.88 Å². The Morgan fingerprint density at radius 2 is 1.86 bits per heavy atom. The minimum Gasteiger partial charge on any atom is -0.470 e. The number of benzene rings is 1. The fourth-order valence-electron chi connectivity index (χ4n) is 2.75. The van der Waals surface area contributed by atoms with Crippen molar-refractivity contribution < 1.29 is 22.7 Å². The van der Waals surface area contributed by atoms with Crippen molar-refractivity contribution in [3.63, 3.8) is 0 Å². The summed E-state index contributed by atoms with van der Waals surface area (Å²) in [5.74, 6) is -0.846. The molecule has 7 nitrogen and oxygen atoms in total. The minimum absolute atomic E-state index is 0.144. The van der Waals surface area contributed by atoms with Gasteiger partial charge >= 0.3 is 6.18 Å². The van der Waals surface area contributed by atoms with Crippen LogP contribution in [0.25, 0.3) is 5.69 Å². The molecule has 0 saturated carbocycles. The van der Waals surface area contributed by atoms with Gasteiger partial charge in [0, 0.05) is 6.20 Å². The van der Waals surface area contributed by atoms with Crippen LogP contribution in [0.15, 0.2) is 54.9 Å². The summed E-state index contributed by atoms with van der Waals surface area (Å²) in [4.78, 5) is 18.9. The number of carbonyl (C=O) groups is 1. The summed E-state index contributed by atoms with van der Waals surface area (Å²) >= 11 is 0. The maximum atomic E-state index is 13.0. The van der Waals surface area contributed by atoms with E-state index in [1.165, 1.54) is 28.2 Å². The van der Waals surface area contributed by atoms with E-state index in [-0.39, 0.29) is 24.7 Å². The Labute approximate surface area is 157 Å². The molecule has 0 unspecified atom stereocenters. The van der Waals surface area contributed by atoms with Crippen molar-refractivity contribution in [3.8, 4) is 11.6 Å². The topological polar surface area (TPSA) is 73.1 Å². The molecular weight excluding hydrogens is 375 g/mol. The zero-order chi connectivity index (χ0) is 19.7. The van der Waals surface area contributed by atoms with Gasteiger partial charge in [-0.05, 0) is 24.3 Å². The smallest absolute Gasteiger partial charge is 0.421 e. The molecule has 1 amide bonds. The van der Waals surface area contributed by atoms with Crippen LogP contribution in [-0.4, -0.2) is 50.0 Å². The predicted octanol–water partition coefficient (Wildman–Crippen LogP) is 2.58. The van der Waals surface area contributed by atoms with Crippen molar-refractivity contribution in [1.29, 1.82) is 0 Å². The Kier molecular flexibility index (Phi) is 4.46. The van der Waals surface area contributed by atoms with E-state index in [0.29, 0.717) is 5.69 Å². The molecule has 144 valence electrons. The van der Waals surface area contributed by atoms with E-state index < -0.39 is 23.7 Å². The summed E-state index contributed by atoms with van der Waals surface area (Å²) in [5.41, 5.74) is -0.0806. The first-order valence-corrected chi connectivity index (χ1v) is 8.38. The summed E-state index contributed by atoms with van der Waals surface area (Å²) in [6.45, 7) is 0.288. The fourth-order valence-corrected chi connectivity index (χ4v) is 2.75. The number of rotatable bonds is 4. The van der Waals surface area contributed by atoms with Crippen LogP contribution in [0, 0.1) is 0 Å². The second kappa shape index (κ2) is 6.95. The zero-order valence-corrected chi connectivity index (χ0v) is 14.4. The third-order valence-corrected chi connectivity index (χ3v) is 4.19. The van der Waals surface area contributed by atoms with Crippen molar-refractivity contribution in [1.82, 2.24) is 24.9 Å². The average Bonchev–Trinajstić information content (AvgIpc) is 3.14. The number of aromatic nitrogens is 4. The minimum atomic E-state index is -4.56. The molecule has 1 aliphatic heterocycles. The molecule has 0 atom stereocenters. The van der Waals surface area contributed by atoms with E-state index in [1.54, 1.807) is 12.1 Å². The molecule has 10 heteroatoms. The van der Waals surface area contributed by atoms with Crippen molar-refractivity contribution in [2.45, 2.75) is 12.3 Å². The van der Waals surface area contributed by atoms with Crippen LogP contribution in [0.4, 0.5) is 13.2 Å². The summed E-state index contributed by atoms with van der Waals surface area (Å²) in [5, 5.41) is 8.22. The number of halogens is 3. The van der Waals surface area contributed by atoms with Gasteiger partial charge in [-0.15, -0.1) is 5.10 Å². The molecule has 0 radical (unpaired) electrons. The summed E-state index contributed by atoms with van der Waals surface area (Å²) in [6.07, 6.45) is -2.54. The Balaban J connectivity index is 1.39. The molecule has 3 heterocycles. The highest BCUT2D eigenvalue weighted by Gasteiger charge is 2.39. The van der Waals surface area contributed by atoms with Gasteiger partial charge in [-0.3, -0.25) is 4.79 Å². The highest BCUT2D eigenvalue weighted by Crippen LogP contribution is 2.35. The lowest BCUT2D eigenvalue weighted by Gasteiger charge is -2.38. The highest BCUT2D eigenvalue weighted by molar-refractivity contribution is 5.92. The summed E-state index contributed by atoms with van der Waals surface area (Å²) in [7, 11) is 0. The zero-order valence-electron chi connectivity index (χ0n) is 14.4. The molecule has 1 saturated heterocycles. The van der Waals surface area contributed by atoms with E-state index in [1.807, 2.05) is 18.2 Å². The van der Waals surface area contributed by atoms with Gasteiger partial charge in [0.2, 0.25) is 5.88 Å². The van der Waals surface area contributed by atoms with Crippen molar-refractivity contribution in [3.05, 3.63) is 66.1 Å². The number of ether oxygens (including phenoxy) is 1. The highest BCUT2D eigenvalue weighted by atomic mass is 19.4. The van der Waals surface area contributed by atoms with Gasteiger partial charge in [-0.25, -0.2) is 4.98 Å². The van der Waals surface area contributed by atoms with Gasteiger partial charge in [-0.1, -0.05) is 18.2 Å². The predicted molar refractivity (Wildman–Crippen MR) is 90.9 cm³/mol. The van der Waals surface area contributed by atoms with E-state index in [9.17, 15) is 18.0 Å². The molecule has 0 aliphatic carbocycles. The van der Waals surface area contributed by atoms with Crippen LogP contribution < -0.4 is 4.74 Å². The number of amides is 1. The first-order chi connectivity index (χ1) is 13.4. The van der Waals surface area contributed by atoms with E-state index >= 15 is 0 Å². The third-order valence-electron chi connectivity index (χ3n) is 4.19. The van der Waals surface area contributed by atoms with Crippen LogP contribution in [0.1, 0.15) is 16.1 Å². The first-order valence-electron chi connectivity index (χ1n) is 8.38. The Hall–Kier alpha value is -3.43. The summed E-state index contributed by atoms with van der Waals surface area (Å²) in [6, 6.07) is 11.2. The molecule has 28 heavy (non-hydrogen) atoms. The number of pyridine rings is 1. The van der Waals surface area contributed by atoms with Crippen molar-refractivity contribution >= 4 is 5.91 Å². The molecule has 1 aromatic carbocycles. The number of alkyl halides is 3.